The Balaban J connectivity index is 1.37. The molecule has 188 valence electrons. The Morgan fingerprint density at radius 2 is 1.57 bits per heavy atom. The van der Waals surface area contributed by atoms with E-state index in [2.05, 4.69) is 73.9 Å². The molecule has 1 aliphatic heterocycles. The topological polar surface area (TPSA) is 45.7 Å². The van der Waals surface area contributed by atoms with E-state index in [0.717, 1.165) is 47.1 Å². The van der Waals surface area contributed by atoms with E-state index >= 15 is 0 Å². The first-order valence-corrected chi connectivity index (χ1v) is 13.9. The van der Waals surface area contributed by atoms with E-state index in [1.54, 1.807) is 0 Å². The van der Waals surface area contributed by atoms with Crippen molar-refractivity contribution in [1.82, 2.24) is 5.32 Å². The molecule has 1 aliphatic carbocycles. The van der Waals surface area contributed by atoms with Gasteiger partial charge >= 0.3 is 0 Å². The van der Waals surface area contributed by atoms with Crippen molar-refractivity contribution in [3.63, 3.8) is 0 Å². The molecule has 0 bridgehead atoms. The largest absolute Gasteiger partial charge is 0.453 e. The molecule has 0 saturated carbocycles. The van der Waals surface area contributed by atoms with Crippen molar-refractivity contribution in [2.24, 2.45) is 4.99 Å². The number of allylic oxidation sites excluding steroid dienone is 1. The van der Waals surface area contributed by atoms with Crippen LogP contribution in [0.5, 0.6) is 5.75 Å². The van der Waals surface area contributed by atoms with Crippen LogP contribution in [0.25, 0.3) is 10.8 Å². The van der Waals surface area contributed by atoms with Gasteiger partial charge in [-0.15, -0.1) is 0 Å². The fourth-order valence-corrected chi connectivity index (χ4v) is 5.11. The maximum atomic E-state index is 6.42. The lowest BCUT2D eigenvalue weighted by molar-refractivity contribution is 0.443. The number of rotatable bonds is 14. The third-order valence-electron chi connectivity index (χ3n) is 7.13. The Hall–Kier alpha value is -2.59. The van der Waals surface area contributed by atoms with Crippen LogP contribution < -0.4 is 15.4 Å². The number of hydrogen-bond donors (Lipinski definition) is 2. The number of anilines is 1. The van der Waals surface area contributed by atoms with Crippen molar-refractivity contribution < 1.29 is 4.74 Å². The Morgan fingerprint density at radius 3 is 2.29 bits per heavy atom. The highest BCUT2D eigenvalue weighted by Gasteiger charge is 2.26. The van der Waals surface area contributed by atoms with Crippen molar-refractivity contribution in [3.05, 3.63) is 53.8 Å². The average molecular weight is 474 g/mol. The summed E-state index contributed by atoms with van der Waals surface area (Å²) in [6.45, 7) is 8.47. The van der Waals surface area contributed by atoms with Gasteiger partial charge in [-0.3, -0.25) is 0 Å². The van der Waals surface area contributed by atoms with Gasteiger partial charge in [-0.2, -0.15) is 0 Å². The minimum Gasteiger partial charge on any atom is -0.453 e. The predicted octanol–water partition coefficient (Wildman–Crippen LogP) is 8.46. The van der Waals surface area contributed by atoms with Gasteiger partial charge in [-0.05, 0) is 32.0 Å². The Bertz CT molecular complexity index is 1080. The summed E-state index contributed by atoms with van der Waals surface area (Å²) in [4.78, 5) is 5.03. The van der Waals surface area contributed by atoms with Gasteiger partial charge in [-0.1, -0.05) is 101 Å². The van der Waals surface area contributed by atoms with Gasteiger partial charge in [0.2, 0.25) is 0 Å². The van der Waals surface area contributed by atoms with E-state index in [0.29, 0.717) is 0 Å². The number of aliphatic imine (C=N–C) groups is 1. The molecular weight excluding hydrogens is 430 g/mol. The van der Waals surface area contributed by atoms with Gasteiger partial charge in [0, 0.05) is 29.1 Å². The van der Waals surface area contributed by atoms with Crippen LogP contribution in [0.2, 0.25) is 0 Å². The van der Waals surface area contributed by atoms with Crippen LogP contribution >= 0.6 is 0 Å². The lowest BCUT2D eigenvalue weighted by Crippen LogP contribution is -2.33. The summed E-state index contributed by atoms with van der Waals surface area (Å²) in [5.74, 6) is 1.69. The molecule has 2 aliphatic rings. The van der Waals surface area contributed by atoms with Crippen molar-refractivity contribution in [1.29, 1.82) is 0 Å². The third-order valence-corrected chi connectivity index (χ3v) is 7.13. The Morgan fingerprint density at radius 1 is 0.886 bits per heavy atom. The number of unbranched alkanes of at least 4 members (excludes halogenated alkanes) is 9. The summed E-state index contributed by atoms with van der Waals surface area (Å²) in [6, 6.07) is 10.9. The van der Waals surface area contributed by atoms with Crippen LogP contribution in [-0.4, -0.2) is 24.8 Å². The predicted molar refractivity (Wildman–Crippen MR) is 151 cm³/mol. The second-order valence-corrected chi connectivity index (χ2v) is 9.98. The first-order valence-electron chi connectivity index (χ1n) is 13.9. The van der Waals surface area contributed by atoms with Gasteiger partial charge in [-0.25, -0.2) is 4.99 Å². The Kier molecular flexibility index (Phi) is 9.42. The zero-order valence-electron chi connectivity index (χ0n) is 22.0. The minimum atomic E-state index is 0.199. The highest BCUT2D eigenvalue weighted by Crippen LogP contribution is 2.44. The molecule has 2 aromatic carbocycles. The van der Waals surface area contributed by atoms with Gasteiger partial charge < -0.3 is 15.4 Å². The molecule has 4 heteroatoms. The maximum absolute atomic E-state index is 6.42. The second-order valence-electron chi connectivity index (χ2n) is 9.98. The van der Waals surface area contributed by atoms with Gasteiger partial charge in [0.25, 0.3) is 0 Å². The quantitative estimate of drug-likeness (QED) is 0.270. The number of benzene rings is 2. The van der Waals surface area contributed by atoms with Crippen molar-refractivity contribution in [2.75, 3.05) is 18.4 Å². The number of nitrogens with zero attached hydrogens (tertiary/aromatic N) is 1. The molecule has 1 atom stereocenters. The molecule has 0 amide bonds. The van der Waals surface area contributed by atoms with Crippen LogP contribution in [0.4, 0.5) is 11.4 Å². The number of fused-ring (bicyclic) bond motifs is 4. The highest BCUT2D eigenvalue weighted by atomic mass is 16.5. The van der Waals surface area contributed by atoms with Gasteiger partial charge in [0.1, 0.15) is 11.4 Å². The van der Waals surface area contributed by atoms with E-state index in [9.17, 15) is 0 Å². The molecule has 0 fully saturated rings. The van der Waals surface area contributed by atoms with Crippen LogP contribution in [0, 0.1) is 0 Å². The SMILES string of the molecule is CCCCCCCCCCCCNc1cc2c(c3ccccc13)N=C1C=C(C)C(NCC)C=C1O2. The number of ether oxygens (including phenoxy) is 1. The molecular formula is C31H43N3O. The zero-order valence-corrected chi connectivity index (χ0v) is 22.0. The number of nitrogens with one attached hydrogen (secondary N) is 2. The van der Waals surface area contributed by atoms with Crippen molar-refractivity contribution >= 4 is 27.9 Å². The fourth-order valence-electron chi connectivity index (χ4n) is 5.11. The summed E-state index contributed by atoms with van der Waals surface area (Å²) in [6.07, 6.45) is 17.9. The molecule has 1 unspecified atom stereocenters. The number of hydrogen-bond acceptors (Lipinski definition) is 4. The second kappa shape index (κ2) is 12.9. The summed E-state index contributed by atoms with van der Waals surface area (Å²) in [5, 5.41) is 9.55. The van der Waals surface area contributed by atoms with E-state index in [1.807, 2.05) is 0 Å². The summed E-state index contributed by atoms with van der Waals surface area (Å²) in [7, 11) is 0. The molecule has 4 rings (SSSR count). The molecule has 0 radical (unpaired) electrons. The lowest BCUT2D eigenvalue weighted by atomic mass is 9.97. The van der Waals surface area contributed by atoms with Crippen molar-refractivity contribution in [2.45, 2.75) is 91.0 Å². The van der Waals surface area contributed by atoms with Crippen LogP contribution in [0.3, 0.4) is 0 Å². The molecule has 4 nitrogen and oxygen atoms in total. The summed E-state index contributed by atoms with van der Waals surface area (Å²) >= 11 is 0. The highest BCUT2D eigenvalue weighted by molar-refractivity contribution is 6.14. The number of likely N-dealkylation sites (N-methyl/N-ethyl adjacent to an activating group) is 1. The first kappa shape index (κ1) is 25.5. The van der Waals surface area contributed by atoms with Gasteiger partial charge in [0.15, 0.2) is 11.5 Å². The van der Waals surface area contributed by atoms with E-state index in [-0.39, 0.29) is 6.04 Å². The van der Waals surface area contributed by atoms with E-state index in [4.69, 9.17) is 9.73 Å². The lowest BCUT2D eigenvalue weighted by Gasteiger charge is -2.27. The molecule has 0 aromatic heterocycles. The maximum Gasteiger partial charge on any atom is 0.155 e. The molecule has 0 spiro atoms. The normalized spacial score (nSPS) is 16.7. The molecule has 0 saturated heterocycles. The van der Waals surface area contributed by atoms with Crippen molar-refractivity contribution in [3.8, 4) is 5.75 Å². The third kappa shape index (κ3) is 6.55. The average Bonchev–Trinajstić information content (AvgIpc) is 2.87. The van der Waals surface area contributed by atoms with Crippen LogP contribution in [0.15, 0.2) is 58.8 Å². The first-order chi connectivity index (χ1) is 17.2. The standard InChI is InChI=1S/C31H43N3O/c1-4-6-7-8-9-10-11-12-13-16-19-33-27-22-30-31(25-18-15-14-17-24(25)27)34-28-20-23(3)26(32-5-2)21-29(28)35-30/h14-15,17-18,20-22,26,32-33H,4-13,16,19H2,1-3H3. The summed E-state index contributed by atoms with van der Waals surface area (Å²) in [5.41, 5.74) is 4.25. The molecule has 2 N–H and O–H groups in total. The Labute approximate surface area is 211 Å². The summed E-state index contributed by atoms with van der Waals surface area (Å²) < 4.78 is 6.42. The zero-order chi connectivity index (χ0) is 24.5. The molecule has 35 heavy (non-hydrogen) atoms. The van der Waals surface area contributed by atoms with Crippen LogP contribution in [0.1, 0.15) is 85.0 Å². The fraction of sp³-hybridized carbons (Fsp3) is 0.516. The monoisotopic (exact) mass is 473 g/mol. The van der Waals surface area contributed by atoms with E-state index < -0.39 is 0 Å². The van der Waals surface area contributed by atoms with Gasteiger partial charge in [0.05, 0.1) is 6.04 Å². The van der Waals surface area contributed by atoms with Crippen LogP contribution in [-0.2, 0) is 0 Å². The minimum absolute atomic E-state index is 0.199. The molecule has 2 aromatic rings. The molecule has 1 heterocycles. The smallest absolute Gasteiger partial charge is 0.155 e. The van der Waals surface area contributed by atoms with E-state index in [1.165, 1.54) is 75.2 Å².